The Bertz CT molecular complexity index is 938. The number of amides is 2. The number of hydrogen-bond acceptors (Lipinski definition) is 3. The summed E-state index contributed by atoms with van der Waals surface area (Å²) in [6.45, 7) is 3.27. The SMILES string of the molecule is CC(C)[C@H]1C(=O)N(CC(=O)O)C(c2ccccc2)=CN1C(=O)CCc1ccccc1. The van der Waals surface area contributed by atoms with Crippen molar-refractivity contribution in [3.05, 3.63) is 78.0 Å². The third-order valence-electron chi connectivity index (χ3n) is 5.12. The second kappa shape index (κ2) is 9.39. The van der Waals surface area contributed by atoms with Gasteiger partial charge in [0.05, 0.1) is 5.70 Å². The molecule has 0 spiro atoms. The van der Waals surface area contributed by atoms with Gasteiger partial charge in [-0.05, 0) is 23.5 Å². The van der Waals surface area contributed by atoms with Crippen LogP contribution in [-0.4, -0.2) is 45.3 Å². The van der Waals surface area contributed by atoms with Gasteiger partial charge in [0.25, 0.3) is 5.91 Å². The lowest BCUT2D eigenvalue weighted by Gasteiger charge is -2.40. The number of aliphatic carboxylic acids is 1. The molecule has 0 saturated carbocycles. The molecule has 1 atom stereocenters. The molecule has 6 heteroatoms. The predicted molar refractivity (Wildman–Crippen MR) is 114 cm³/mol. The Morgan fingerprint density at radius 2 is 1.60 bits per heavy atom. The van der Waals surface area contributed by atoms with Crippen LogP contribution in [0.2, 0.25) is 0 Å². The van der Waals surface area contributed by atoms with Gasteiger partial charge < -0.3 is 10.0 Å². The summed E-state index contributed by atoms with van der Waals surface area (Å²) in [5.74, 6) is -1.80. The van der Waals surface area contributed by atoms with Gasteiger partial charge in [0.2, 0.25) is 5.91 Å². The highest BCUT2D eigenvalue weighted by Crippen LogP contribution is 2.30. The van der Waals surface area contributed by atoms with E-state index < -0.39 is 18.6 Å². The molecule has 2 aromatic rings. The van der Waals surface area contributed by atoms with Gasteiger partial charge in [0.15, 0.2) is 0 Å². The quantitative estimate of drug-likeness (QED) is 0.765. The van der Waals surface area contributed by atoms with Crippen molar-refractivity contribution in [1.82, 2.24) is 9.80 Å². The molecule has 1 heterocycles. The van der Waals surface area contributed by atoms with E-state index in [0.717, 1.165) is 5.56 Å². The van der Waals surface area contributed by atoms with Gasteiger partial charge in [-0.3, -0.25) is 19.3 Å². The maximum Gasteiger partial charge on any atom is 0.323 e. The zero-order valence-corrected chi connectivity index (χ0v) is 17.2. The van der Waals surface area contributed by atoms with Crippen LogP contribution in [0.15, 0.2) is 66.9 Å². The first-order chi connectivity index (χ1) is 14.4. The molecule has 3 rings (SSSR count). The van der Waals surface area contributed by atoms with Gasteiger partial charge in [-0.1, -0.05) is 74.5 Å². The second-order valence-corrected chi connectivity index (χ2v) is 7.67. The third-order valence-corrected chi connectivity index (χ3v) is 5.12. The van der Waals surface area contributed by atoms with Gasteiger partial charge in [0.1, 0.15) is 12.6 Å². The van der Waals surface area contributed by atoms with Crippen molar-refractivity contribution < 1.29 is 19.5 Å². The summed E-state index contributed by atoms with van der Waals surface area (Å²) in [5.41, 5.74) is 2.16. The Balaban J connectivity index is 1.96. The van der Waals surface area contributed by atoms with E-state index in [1.165, 1.54) is 9.80 Å². The van der Waals surface area contributed by atoms with Crippen LogP contribution < -0.4 is 0 Å². The molecule has 0 fully saturated rings. The zero-order valence-electron chi connectivity index (χ0n) is 17.2. The smallest absolute Gasteiger partial charge is 0.323 e. The maximum atomic E-state index is 13.3. The fourth-order valence-electron chi connectivity index (χ4n) is 3.68. The zero-order chi connectivity index (χ0) is 21.7. The Labute approximate surface area is 176 Å². The Morgan fingerprint density at radius 1 is 1.00 bits per heavy atom. The molecule has 0 bridgehead atoms. The van der Waals surface area contributed by atoms with Crippen LogP contribution in [-0.2, 0) is 20.8 Å². The molecule has 6 nitrogen and oxygen atoms in total. The van der Waals surface area contributed by atoms with Crippen molar-refractivity contribution in [2.75, 3.05) is 6.54 Å². The normalized spacial score (nSPS) is 16.6. The molecular weight excluding hydrogens is 380 g/mol. The number of aryl methyl sites for hydroxylation is 1. The standard InChI is InChI=1S/C24H26N2O4/c1-17(2)23-24(30)25(16-22(28)29)20(19-11-7-4-8-12-19)15-26(23)21(27)14-13-18-9-5-3-6-10-18/h3-12,15,17,23H,13-14,16H2,1-2H3,(H,28,29)/t23-/m0/s1. The Kier molecular flexibility index (Phi) is 6.67. The average molecular weight is 406 g/mol. The van der Waals surface area contributed by atoms with Crippen molar-refractivity contribution in [2.24, 2.45) is 5.92 Å². The number of benzene rings is 2. The summed E-state index contributed by atoms with van der Waals surface area (Å²) in [6.07, 6.45) is 2.47. The van der Waals surface area contributed by atoms with Crippen LogP contribution >= 0.6 is 0 Å². The largest absolute Gasteiger partial charge is 0.480 e. The molecule has 0 aliphatic carbocycles. The van der Waals surface area contributed by atoms with Gasteiger partial charge in [0, 0.05) is 12.6 Å². The summed E-state index contributed by atoms with van der Waals surface area (Å²) in [7, 11) is 0. The number of hydrogen-bond donors (Lipinski definition) is 1. The molecule has 0 saturated heterocycles. The summed E-state index contributed by atoms with van der Waals surface area (Å²) < 4.78 is 0. The molecule has 2 amide bonds. The first-order valence-corrected chi connectivity index (χ1v) is 10.0. The fraction of sp³-hybridized carbons (Fsp3) is 0.292. The van der Waals surface area contributed by atoms with E-state index in [-0.39, 0.29) is 24.2 Å². The second-order valence-electron chi connectivity index (χ2n) is 7.67. The lowest BCUT2D eigenvalue weighted by molar-refractivity contribution is -0.148. The Hall–Kier alpha value is -3.41. The van der Waals surface area contributed by atoms with Crippen LogP contribution in [0.5, 0.6) is 0 Å². The number of rotatable bonds is 7. The van der Waals surface area contributed by atoms with Crippen LogP contribution in [0.4, 0.5) is 0 Å². The third kappa shape index (κ3) is 4.76. The molecule has 1 aliphatic heterocycles. The number of carbonyl (C=O) groups excluding carboxylic acids is 2. The molecule has 156 valence electrons. The number of carbonyl (C=O) groups is 3. The van der Waals surface area contributed by atoms with E-state index in [9.17, 15) is 19.5 Å². The van der Waals surface area contributed by atoms with Gasteiger partial charge in [-0.15, -0.1) is 0 Å². The average Bonchev–Trinajstić information content (AvgIpc) is 2.74. The fourth-order valence-corrected chi connectivity index (χ4v) is 3.68. The minimum atomic E-state index is -1.10. The summed E-state index contributed by atoms with van der Waals surface area (Å²) >= 11 is 0. The molecular formula is C24H26N2O4. The molecule has 0 aromatic heterocycles. The lowest BCUT2D eigenvalue weighted by Crippen LogP contribution is -2.55. The van der Waals surface area contributed by atoms with Crippen molar-refractivity contribution in [3.8, 4) is 0 Å². The van der Waals surface area contributed by atoms with E-state index in [0.29, 0.717) is 17.7 Å². The highest BCUT2D eigenvalue weighted by molar-refractivity contribution is 5.99. The van der Waals surface area contributed by atoms with Crippen molar-refractivity contribution >= 4 is 23.5 Å². The van der Waals surface area contributed by atoms with E-state index in [4.69, 9.17) is 0 Å². The van der Waals surface area contributed by atoms with E-state index in [1.807, 2.05) is 62.4 Å². The van der Waals surface area contributed by atoms with Crippen LogP contribution in [0, 0.1) is 5.92 Å². The predicted octanol–water partition coefficient (Wildman–Crippen LogP) is 3.40. The first-order valence-electron chi connectivity index (χ1n) is 10.0. The van der Waals surface area contributed by atoms with E-state index >= 15 is 0 Å². The molecule has 0 unspecified atom stereocenters. The molecule has 0 radical (unpaired) electrons. The first kappa shape index (κ1) is 21.3. The Morgan fingerprint density at radius 3 is 2.17 bits per heavy atom. The maximum absolute atomic E-state index is 13.3. The topological polar surface area (TPSA) is 77.9 Å². The highest BCUT2D eigenvalue weighted by Gasteiger charge is 2.40. The monoisotopic (exact) mass is 406 g/mol. The lowest BCUT2D eigenvalue weighted by atomic mass is 9.96. The summed E-state index contributed by atoms with van der Waals surface area (Å²) in [6, 6.07) is 18.1. The van der Waals surface area contributed by atoms with Crippen LogP contribution in [0.25, 0.3) is 5.70 Å². The van der Waals surface area contributed by atoms with Crippen LogP contribution in [0.1, 0.15) is 31.4 Å². The van der Waals surface area contributed by atoms with Gasteiger partial charge in [-0.25, -0.2) is 0 Å². The molecule has 30 heavy (non-hydrogen) atoms. The number of carboxylic acids is 1. The van der Waals surface area contributed by atoms with Crippen LogP contribution in [0.3, 0.4) is 0 Å². The van der Waals surface area contributed by atoms with Gasteiger partial charge >= 0.3 is 5.97 Å². The number of carboxylic acid groups (broad SMARTS) is 1. The number of nitrogens with zero attached hydrogens (tertiary/aromatic N) is 2. The minimum absolute atomic E-state index is 0.158. The van der Waals surface area contributed by atoms with Crippen molar-refractivity contribution in [3.63, 3.8) is 0 Å². The summed E-state index contributed by atoms with van der Waals surface area (Å²) in [5, 5.41) is 9.36. The van der Waals surface area contributed by atoms with E-state index in [1.54, 1.807) is 18.3 Å². The minimum Gasteiger partial charge on any atom is -0.480 e. The molecule has 2 aromatic carbocycles. The highest BCUT2D eigenvalue weighted by atomic mass is 16.4. The van der Waals surface area contributed by atoms with Gasteiger partial charge in [-0.2, -0.15) is 0 Å². The van der Waals surface area contributed by atoms with E-state index in [2.05, 4.69) is 0 Å². The molecule has 1 N–H and O–H groups in total. The van der Waals surface area contributed by atoms with Crippen molar-refractivity contribution in [2.45, 2.75) is 32.7 Å². The molecule has 1 aliphatic rings. The van der Waals surface area contributed by atoms with Crippen molar-refractivity contribution in [1.29, 1.82) is 0 Å². The summed E-state index contributed by atoms with van der Waals surface area (Å²) in [4.78, 5) is 40.6.